The summed E-state index contributed by atoms with van der Waals surface area (Å²) in [5.41, 5.74) is 0.735. The Morgan fingerprint density at radius 3 is 2.31 bits per heavy atom. The highest BCUT2D eigenvalue weighted by Crippen LogP contribution is 2.56. The first kappa shape index (κ1) is 12.0. The Morgan fingerprint density at radius 1 is 1.19 bits per heavy atom. The predicted octanol–water partition coefficient (Wildman–Crippen LogP) is 4.64. The Bertz CT molecular complexity index is 273. The van der Waals surface area contributed by atoms with Crippen LogP contribution in [0.25, 0.3) is 0 Å². The van der Waals surface area contributed by atoms with Crippen LogP contribution in [0.5, 0.6) is 0 Å². The molecule has 2 aliphatic rings. The molecule has 0 nitrogen and oxygen atoms in total. The maximum Gasteiger partial charge on any atom is 0.0213 e. The fraction of sp³-hybridized carbons (Fsp3) is 0.875. The molecular formula is C16H26. The van der Waals surface area contributed by atoms with Crippen molar-refractivity contribution in [1.29, 1.82) is 0 Å². The monoisotopic (exact) mass is 218 g/mol. The zero-order valence-corrected chi connectivity index (χ0v) is 11.2. The van der Waals surface area contributed by atoms with Crippen molar-refractivity contribution in [2.45, 2.75) is 65.7 Å². The van der Waals surface area contributed by atoms with Gasteiger partial charge in [0.25, 0.3) is 0 Å². The highest BCUT2D eigenvalue weighted by atomic mass is 14.5. The van der Waals surface area contributed by atoms with E-state index in [9.17, 15) is 0 Å². The molecule has 0 saturated heterocycles. The van der Waals surface area contributed by atoms with Gasteiger partial charge >= 0.3 is 0 Å². The molecule has 2 fully saturated rings. The third kappa shape index (κ3) is 2.45. The summed E-state index contributed by atoms with van der Waals surface area (Å²) in [7, 11) is 0. The Morgan fingerprint density at radius 2 is 1.81 bits per heavy atom. The second-order valence-electron chi connectivity index (χ2n) is 6.36. The average Bonchev–Trinajstić information content (AvgIpc) is 2.24. The van der Waals surface area contributed by atoms with Gasteiger partial charge in [0.2, 0.25) is 0 Å². The fourth-order valence-corrected chi connectivity index (χ4v) is 3.66. The summed E-state index contributed by atoms with van der Waals surface area (Å²) in [5, 5.41) is 0. The molecule has 0 aliphatic heterocycles. The average molecular weight is 218 g/mol. The van der Waals surface area contributed by atoms with Crippen LogP contribution in [0.15, 0.2) is 0 Å². The van der Waals surface area contributed by atoms with E-state index >= 15 is 0 Å². The molecule has 0 atom stereocenters. The summed E-state index contributed by atoms with van der Waals surface area (Å²) < 4.78 is 0. The van der Waals surface area contributed by atoms with Gasteiger partial charge in [-0.3, -0.25) is 0 Å². The van der Waals surface area contributed by atoms with Gasteiger partial charge < -0.3 is 0 Å². The maximum absolute atomic E-state index is 3.42. The Hall–Kier alpha value is -0.440. The Balaban J connectivity index is 1.78. The Labute approximate surface area is 101 Å². The van der Waals surface area contributed by atoms with Gasteiger partial charge in [-0.1, -0.05) is 26.7 Å². The third-order valence-electron chi connectivity index (χ3n) is 4.88. The van der Waals surface area contributed by atoms with Crippen LogP contribution in [0.4, 0.5) is 0 Å². The number of hydrogen-bond donors (Lipinski definition) is 0. The molecule has 2 aliphatic carbocycles. The lowest BCUT2D eigenvalue weighted by molar-refractivity contribution is 0.0164. The second-order valence-corrected chi connectivity index (χ2v) is 6.36. The minimum absolute atomic E-state index is 0.735. The maximum atomic E-state index is 3.42. The third-order valence-corrected chi connectivity index (χ3v) is 4.88. The van der Waals surface area contributed by atoms with Gasteiger partial charge in [0, 0.05) is 12.3 Å². The largest absolute Gasteiger partial charge is 0.103 e. The molecule has 90 valence electrons. The van der Waals surface area contributed by atoms with E-state index < -0.39 is 0 Å². The van der Waals surface area contributed by atoms with Crippen molar-refractivity contribution in [1.82, 2.24) is 0 Å². The summed E-state index contributed by atoms with van der Waals surface area (Å²) in [5.74, 6) is 9.32. The summed E-state index contributed by atoms with van der Waals surface area (Å²) in [6.07, 6.45) is 9.77. The zero-order valence-electron chi connectivity index (χ0n) is 11.2. The van der Waals surface area contributed by atoms with Gasteiger partial charge in [-0.25, -0.2) is 0 Å². The van der Waals surface area contributed by atoms with Crippen molar-refractivity contribution in [3.05, 3.63) is 0 Å². The molecule has 2 rings (SSSR count). The summed E-state index contributed by atoms with van der Waals surface area (Å²) in [6.45, 7) is 6.92. The van der Waals surface area contributed by atoms with Gasteiger partial charge in [-0.05, 0) is 55.8 Å². The predicted molar refractivity (Wildman–Crippen MR) is 70.0 cm³/mol. The van der Waals surface area contributed by atoms with Crippen LogP contribution in [0.1, 0.15) is 65.7 Å². The lowest BCUT2D eigenvalue weighted by Crippen LogP contribution is -2.40. The standard InChI is InChI=1S/C16H26/c1-4-5-6-14-11-16(12-14)9-7-15(8-10-16)13(2)3/h13-15H,4,7-12H2,1-3H3. The van der Waals surface area contributed by atoms with E-state index in [1.54, 1.807) is 0 Å². The van der Waals surface area contributed by atoms with Crippen LogP contribution in [0, 0.1) is 35.0 Å². The van der Waals surface area contributed by atoms with Crippen LogP contribution < -0.4 is 0 Å². The van der Waals surface area contributed by atoms with Crippen molar-refractivity contribution < 1.29 is 0 Å². The quantitative estimate of drug-likeness (QED) is 0.562. The number of rotatable bonds is 1. The smallest absolute Gasteiger partial charge is 0.0213 e. The zero-order chi connectivity index (χ0) is 11.6. The minimum atomic E-state index is 0.735. The van der Waals surface area contributed by atoms with Crippen molar-refractivity contribution >= 4 is 0 Å². The summed E-state index contributed by atoms with van der Waals surface area (Å²) >= 11 is 0. The SMILES string of the molecule is CCC#CC1CC2(CCC(C(C)C)CC2)C1. The van der Waals surface area contributed by atoms with Gasteiger partial charge in [0.1, 0.15) is 0 Å². The van der Waals surface area contributed by atoms with E-state index in [2.05, 4.69) is 32.6 Å². The first-order valence-corrected chi connectivity index (χ1v) is 7.13. The van der Waals surface area contributed by atoms with E-state index in [0.717, 1.165) is 29.6 Å². The van der Waals surface area contributed by atoms with Crippen molar-refractivity contribution in [2.24, 2.45) is 23.2 Å². The van der Waals surface area contributed by atoms with E-state index in [1.807, 2.05) is 0 Å². The molecule has 0 aromatic rings. The molecule has 16 heavy (non-hydrogen) atoms. The van der Waals surface area contributed by atoms with E-state index in [4.69, 9.17) is 0 Å². The van der Waals surface area contributed by atoms with Gasteiger partial charge in [-0.15, -0.1) is 5.92 Å². The summed E-state index contributed by atoms with van der Waals surface area (Å²) in [4.78, 5) is 0. The molecular weight excluding hydrogens is 192 g/mol. The van der Waals surface area contributed by atoms with Crippen LogP contribution >= 0.6 is 0 Å². The number of hydrogen-bond acceptors (Lipinski definition) is 0. The molecule has 0 amide bonds. The molecule has 0 heteroatoms. The first-order valence-electron chi connectivity index (χ1n) is 7.13. The van der Waals surface area contributed by atoms with Crippen LogP contribution in [-0.2, 0) is 0 Å². The van der Waals surface area contributed by atoms with E-state index in [0.29, 0.717) is 0 Å². The van der Waals surface area contributed by atoms with Crippen molar-refractivity contribution in [3.63, 3.8) is 0 Å². The molecule has 0 aromatic carbocycles. The fourth-order valence-electron chi connectivity index (χ4n) is 3.66. The highest BCUT2D eigenvalue weighted by Gasteiger charge is 2.45. The van der Waals surface area contributed by atoms with Gasteiger partial charge in [0.05, 0.1) is 0 Å². The van der Waals surface area contributed by atoms with Crippen LogP contribution in [-0.4, -0.2) is 0 Å². The molecule has 0 heterocycles. The van der Waals surface area contributed by atoms with Crippen LogP contribution in [0.3, 0.4) is 0 Å². The summed E-state index contributed by atoms with van der Waals surface area (Å²) in [6, 6.07) is 0. The molecule has 0 aromatic heterocycles. The van der Waals surface area contributed by atoms with Crippen molar-refractivity contribution in [2.75, 3.05) is 0 Å². The van der Waals surface area contributed by atoms with E-state index in [1.165, 1.54) is 38.5 Å². The second kappa shape index (κ2) is 4.82. The molecule has 2 saturated carbocycles. The topological polar surface area (TPSA) is 0 Å². The first-order chi connectivity index (χ1) is 7.65. The molecule has 0 bridgehead atoms. The molecule has 0 unspecified atom stereocenters. The molecule has 1 spiro atoms. The molecule has 0 radical (unpaired) electrons. The van der Waals surface area contributed by atoms with Gasteiger partial charge in [-0.2, -0.15) is 0 Å². The molecule has 0 N–H and O–H groups in total. The minimum Gasteiger partial charge on any atom is -0.103 e. The lowest BCUT2D eigenvalue weighted by atomic mass is 9.54. The Kier molecular flexibility index (Phi) is 3.63. The van der Waals surface area contributed by atoms with Crippen LogP contribution in [0.2, 0.25) is 0 Å². The lowest BCUT2D eigenvalue weighted by Gasteiger charge is -2.50. The normalized spacial score (nSPS) is 38.0. The van der Waals surface area contributed by atoms with E-state index in [-0.39, 0.29) is 0 Å². The highest BCUT2D eigenvalue weighted by molar-refractivity contribution is 5.12. The van der Waals surface area contributed by atoms with Crippen molar-refractivity contribution in [3.8, 4) is 11.8 Å². The van der Waals surface area contributed by atoms with Gasteiger partial charge in [0.15, 0.2) is 0 Å².